The van der Waals surface area contributed by atoms with Crippen LogP contribution in [0.4, 0.5) is 0 Å². The molecule has 0 aromatic heterocycles. The van der Waals surface area contributed by atoms with Crippen molar-refractivity contribution in [3.05, 3.63) is 0 Å². The second-order valence-corrected chi connectivity index (χ2v) is 7.73. The zero-order valence-electron chi connectivity index (χ0n) is 12.4. The van der Waals surface area contributed by atoms with Gasteiger partial charge in [0, 0.05) is 18.6 Å². The van der Waals surface area contributed by atoms with Gasteiger partial charge in [0.25, 0.3) is 0 Å². The predicted octanol–water partition coefficient (Wildman–Crippen LogP) is 2.00. The Morgan fingerprint density at radius 1 is 1.26 bits per heavy atom. The van der Waals surface area contributed by atoms with Crippen LogP contribution in [0, 0.1) is 5.92 Å². The Bertz CT molecular complexity index is 324. The minimum Gasteiger partial charge on any atom is -0.381 e. The number of hydrogen-bond acceptors (Lipinski definition) is 4. The van der Waals surface area contributed by atoms with Gasteiger partial charge in [-0.05, 0) is 25.8 Å². The molecule has 0 amide bonds. The molecule has 1 aliphatic heterocycles. The summed E-state index contributed by atoms with van der Waals surface area (Å²) in [6.07, 6.45) is 4.86. The summed E-state index contributed by atoms with van der Waals surface area (Å²) in [4.78, 5) is 0. The van der Waals surface area contributed by atoms with Crippen LogP contribution in [-0.4, -0.2) is 45.7 Å². The lowest BCUT2D eigenvalue weighted by molar-refractivity contribution is 0.178. The summed E-state index contributed by atoms with van der Waals surface area (Å²) in [5, 5.41) is 3.40. The zero-order chi connectivity index (χ0) is 14.1. The van der Waals surface area contributed by atoms with Crippen molar-refractivity contribution in [3.63, 3.8) is 0 Å². The van der Waals surface area contributed by atoms with E-state index in [9.17, 15) is 8.42 Å². The van der Waals surface area contributed by atoms with Gasteiger partial charge >= 0.3 is 0 Å². The van der Waals surface area contributed by atoms with Crippen molar-refractivity contribution in [2.45, 2.75) is 52.0 Å². The third kappa shape index (κ3) is 6.72. The van der Waals surface area contributed by atoms with Crippen molar-refractivity contribution in [3.8, 4) is 0 Å². The molecule has 4 nitrogen and oxygen atoms in total. The van der Waals surface area contributed by atoms with Gasteiger partial charge < -0.3 is 10.1 Å². The molecule has 0 bridgehead atoms. The van der Waals surface area contributed by atoms with E-state index >= 15 is 0 Å². The highest BCUT2D eigenvalue weighted by molar-refractivity contribution is 7.91. The van der Waals surface area contributed by atoms with Crippen molar-refractivity contribution >= 4 is 9.84 Å². The maximum atomic E-state index is 12.2. The molecule has 0 aromatic carbocycles. The van der Waals surface area contributed by atoms with Crippen molar-refractivity contribution in [1.82, 2.24) is 5.32 Å². The van der Waals surface area contributed by atoms with Crippen LogP contribution >= 0.6 is 0 Å². The van der Waals surface area contributed by atoms with Crippen LogP contribution in [-0.2, 0) is 14.6 Å². The molecular weight excluding hydrogens is 262 g/mol. The van der Waals surface area contributed by atoms with Gasteiger partial charge in [0.2, 0.25) is 0 Å². The summed E-state index contributed by atoms with van der Waals surface area (Å²) in [6, 6.07) is 0.0640. The molecule has 0 aliphatic carbocycles. The van der Waals surface area contributed by atoms with Gasteiger partial charge in [-0.25, -0.2) is 8.42 Å². The van der Waals surface area contributed by atoms with Crippen LogP contribution in [0.2, 0.25) is 0 Å². The van der Waals surface area contributed by atoms with Gasteiger partial charge in [0.15, 0.2) is 9.84 Å². The highest BCUT2D eigenvalue weighted by Crippen LogP contribution is 2.18. The fourth-order valence-corrected chi connectivity index (χ4v) is 4.24. The SMILES string of the molecule is CCCCCS(=O)(=O)CC(NCCC)C1CCOC1. The second-order valence-electron chi connectivity index (χ2n) is 5.51. The Hall–Kier alpha value is -0.130. The molecule has 0 spiro atoms. The Kier molecular flexibility index (Phi) is 7.95. The average molecular weight is 291 g/mol. The Balaban J connectivity index is 2.49. The van der Waals surface area contributed by atoms with Gasteiger partial charge in [-0.15, -0.1) is 0 Å². The molecule has 1 saturated heterocycles. The smallest absolute Gasteiger partial charge is 0.151 e. The van der Waals surface area contributed by atoms with E-state index in [4.69, 9.17) is 4.74 Å². The maximum absolute atomic E-state index is 12.2. The average Bonchev–Trinajstić information content (AvgIpc) is 2.88. The minimum atomic E-state index is -2.94. The molecule has 114 valence electrons. The van der Waals surface area contributed by atoms with Gasteiger partial charge in [0.1, 0.15) is 0 Å². The molecule has 0 radical (unpaired) electrons. The first kappa shape index (κ1) is 16.9. The third-order valence-corrected chi connectivity index (χ3v) is 5.46. The number of unbranched alkanes of at least 4 members (excludes halogenated alkanes) is 2. The van der Waals surface area contributed by atoms with Crippen molar-refractivity contribution < 1.29 is 13.2 Å². The third-order valence-electron chi connectivity index (χ3n) is 3.68. The first-order chi connectivity index (χ1) is 9.09. The number of ether oxygens (including phenoxy) is 1. The van der Waals surface area contributed by atoms with Crippen molar-refractivity contribution in [1.29, 1.82) is 0 Å². The van der Waals surface area contributed by atoms with Gasteiger partial charge in [0.05, 0.1) is 18.1 Å². The predicted molar refractivity (Wildman–Crippen MR) is 79.2 cm³/mol. The number of rotatable bonds is 10. The standard InChI is InChI=1S/C14H29NO3S/c1-3-5-6-10-19(16,17)12-14(15-8-4-2)13-7-9-18-11-13/h13-15H,3-12H2,1-2H3. The molecule has 1 rings (SSSR count). The molecule has 1 fully saturated rings. The summed E-state index contributed by atoms with van der Waals surface area (Å²) >= 11 is 0. The number of nitrogens with one attached hydrogen (secondary N) is 1. The number of sulfone groups is 1. The van der Waals surface area contributed by atoms with Crippen LogP contribution in [0.15, 0.2) is 0 Å². The van der Waals surface area contributed by atoms with E-state index in [0.717, 1.165) is 45.3 Å². The molecule has 1 aliphatic rings. The normalized spacial score (nSPS) is 21.7. The first-order valence-electron chi connectivity index (χ1n) is 7.60. The zero-order valence-corrected chi connectivity index (χ0v) is 13.2. The summed E-state index contributed by atoms with van der Waals surface area (Å²) in [5.41, 5.74) is 0. The van der Waals surface area contributed by atoms with E-state index in [-0.39, 0.29) is 11.8 Å². The van der Waals surface area contributed by atoms with Gasteiger partial charge in [-0.2, -0.15) is 0 Å². The lowest BCUT2D eigenvalue weighted by Crippen LogP contribution is -2.43. The van der Waals surface area contributed by atoms with E-state index < -0.39 is 9.84 Å². The highest BCUT2D eigenvalue weighted by Gasteiger charge is 2.29. The molecule has 2 atom stereocenters. The fourth-order valence-electron chi connectivity index (χ4n) is 2.49. The number of hydrogen-bond donors (Lipinski definition) is 1. The minimum absolute atomic E-state index is 0.0640. The fraction of sp³-hybridized carbons (Fsp3) is 1.00. The summed E-state index contributed by atoms with van der Waals surface area (Å²) in [6.45, 7) is 6.54. The second kappa shape index (κ2) is 8.93. The topological polar surface area (TPSA) is 55.4 Å². The molecule has 19 heavy (non-hydrogen) atoms. The summed E-state index contributed by atoms with van der Waals surface area (Å²) < 4.78 is 29.7. The molecule has 1 heterocycles. The van der Waals surface area contributed by atoms with E-state index in [1.54, 1.807) is 0 Å². The maximum Gasteiger partial charge on any atom is 0.151 e. The van der Waals surface area contributed by atoms with Crippen molar-refractivity contribution in [2.24, 2.45) is 5.92 Å². The molecular formula is C14H29NO3S. The largest absolute Gasteiger partial charge is 0.381 e. The highest BCUT2D eigenvalue weighted by atomic mass is 32.2. The molecule has 0 aromatic rings. The van der Waals surface area contributed by atoms with Crippen LogP contribution in [0.3, 0.4) is 0 Å². The van der Waals surface area contributed by atoms with Crippen LogP contribution in [0.1, 0.15) is 46.0 Å². The molecule has 1 N–H and O–H groups in total. The molecule has 0 saturated carbocycles. The van der Waals surface area contributed by atoms with Gasteiger partial charge in [-0.1, -0.05) is 26.7 Å². The van der Waals surface area contributed by atoms with E-state index in [1.165, 1.54) is 0 Å². The van der Waals surface area contributed by atoms with E-state index in [2.05, 4.69) is 19.2 Å². The molecule has 2 unspecified atom stereocenters. The summed E-state index contributed by atoms with van der Waals surface area (Å²) in [5.74, 6) is 0.955. The molecule has 5 heteroatoms. The first-order valence-corrected chi connectivity index (χ1v) is 9.42. The van der Waals surface area contributed by atoms with E-state index in [0.29, 0.717) is 18.3 Å². The monoisotopic (exact) mass is 291 g/mol. The van der Waals surface area contributed by atoms with Crippen molar-refractivity contribution in [2.75, 3.05) is 31.3 Å². The van der Waals surface area contributed by atoms with E-state index in [1.807, 2.05) is 0 Å². The Morgan fingerprint density at radius 3 is 2.63 bits per heavy atom. The van der Waals surface area contributed by atoms with Crippen LogP contribution < -0.4 is 5.32 Å². The lowest BCUT2D eigenvalue weighted by Gasteiger charge is -2.23. The Labute approximate surface area is 118 Å². The van der Waals surface area contributed by atoms with Crippen LogP contribution in [0.25, 0.3) is 0 Å². The van der Waals surface area contributed by atoms with Crippen LogP contribution in [0.5, 0.6) is 0 Å². The quantitative estimate of drug-likeness (QED) is 0.626. The lowest BCUT2D eigenvalue weighted by atomic mass is 10.0. The van der Waals surface area contributed by atoms with Gasteiger partial charge in [-0.3, -0.25) is 0 Å². The Morgan fingerprint density at radius 2 is 2.05 bits per heavy atom. The summed E-state index contributed by atoms with van der Waals surface area (Å²) in [7, 11) is -2.94.